The summed E-state index contributed by atoms with van der Waals surface area (Å²) in [6.07, 6.45) is 0.226. The van der Waals surface area contributed by atoms with E-state index in [0.29, 0.717) is 29.5 Å². The van der Waals surface area contributed by atoms with Gasteiger partial charge in [-0.3, -0.25) is 14.5 Å². The third-order valence-electron chi connectivity index (χ3n) is 4.96. The number of methoxy groups -OCH3 is 3. The molecule has 2 amide bonds. The summed E-state index contributed by atoms with van der Waals surface area (Å²) in [7, 11) is 6.35. The first-order valence-corrected chi connectivity index (χ1v) is 9.93. The quantitative estimate of drug-likeness (QED) is 0.603. The van der Waals surface area contributed by atoms with Gasteiger partial charge in [-0.2, -0.15) is 0 Å². The van der Waals surface area contributed by atoms with Crippen molar-refractivity contribution < 1.29 is 23.8 Å². The highest BCUT2D eigenvalue weighted by Crippen LogP contribution is 2.39. The molecule has 0 unspecified atom stereocenters. The number of nitrogens with zero attached hydrogens (tertiary/aromatic N) is 1. The van der Waals surface area contributed by atoms with E-state index in [1.165, 1.54) is 21.3 Å². The van der Waals surface area contributed by atoms with Gasteiger partial charge in [-0.25, -0.2) is 0 Å². The SMILES string of the molecule is COc1cc(NC(=O)CCN(C)CC(=O)Nc2cccc(C)c2C)cc(OC)c1OC. The zero-order valence-corrected chi connectivity index (χ0v) is 19.0. The van der Waals surface area contributed by atoms with Crippen molar-refractivity contribution >= 4 is 23.2 Å². The summed E-state index contributed by atoms with van der Waals surface area (Å²) in [5, 5.41) is 5.75. The fraction of sp³-hybridized carbons (Fsp3) is 0.391. The standard InChI is InChI=1S/C23H31N3O5/c1-15-8-7-9-18(16(15)2)25-22(28)14-26(3)11-10-21(27)24-17-12-19(29-4)23(31-6)20(13-17)30-5/h7-9,12-13H,10-11,14H2,1-6H3,(H,24,27)(H,25,28). The number of nitrogens with one attached hydrogen (secondary N) is 2. The molecule has 2 aromatic rings. The third-order valence-corrected chi connectivity index (χ3v) is 4.96. The van der Waals surface area contributed by atoms with E-state index in [0.717, 1.165) is 16.8 Å². The van der Waals surface area contributed by atoms with Gasteiger partial charge in [-0.05, 0) is 38.1 Å². The smallest absolute Gasteiger partial charge is 0.238 e. The second-order valence-corrected chi connectivity index (χ2v) is 7.25. The molecular formula is C23H31N3O5. The lowest BCUT2D eigenvalue weighted by Crippen LogP contribution is -2.32. The fourth-order valence-electron chi connectivity index (χ4n) is 3.07. The average Bonchev–Trinajstić information content (AvgIpc) is 2.74. The Balaban J connectivity index is 1.88. The normalized spacial score (nSPS) is 10.5. The molecule has 0 bridgehead atoms. The summed E-state index contributed by atoms with van der Waals surface area (Å²) in [6, 6.07) is 9.13. The number of anilines is 2. The minimum Gasteiger partial charge on any atom is -0.493 e. The molecule has 168 valence electrons. The molecule has 2 rings (SSSR count). The summed E-state index contributed by atoms with van der Waals surface area (Å²) in [5.74, 6) is 1.06. The summed E-state index contributed by atoms with van der Waals surface area (Å²) >= 11 is 0. The Morgan fingerprint density at radius 3 is 2.16 bits per heavy atom. The first-order chi connectivity index (χ1) is 14.8. The van der Waals surface area contributed by atoms with E-state index < -0.39 is 0 Å². The highest BCUT2D eigenvalue weighted by molar-refractivity contribution is 5.93. The second-order valence-electron chi connectivity index (χ2n) is 7.25. The molecule has 0 atom stereocenters. The zero-order valence-electron chi connectivity index (χ0n) is 19.0. The van der Waals surface area contributed by atoms with E-state index in [-0.39, 0.29) is 24.8 Å². The number of carbonyl (C=O) groups is 2. The van der Waals surface area contributed by atoms with Crippen molar-refractivity contribution in [2.75, 3.05) is 52.1 Å². The summed E-state index contributed by atoms with van der Waals surface area (Å²) in [4.78, 5) is 26.5. The summed E-state index contributed by atoms with van der Waals surface area (Å²) < 4.78 is 15.9. The molecule has 0 aliphatic heterocycles. The maximum atomic E-state index is 12.4. The number of aryl methyl sites for hydroxylation is 1. The lowest BCUT2D eigenvalue weighted by molar-refractivity contribution is -0.119. The number of benzene rings is 2. The number of ether oxygens (including phenoxy) is 3. The van der Waals surface area contributed by atoms with Crippen LogP contribution >= 0.6 is 0 Å². The molecule has 0 saturated heterocycles. The monoisotopic (exact) mass is 429 g/mol. The van der Waals surface area contributed by atoms with Crippen LogP contribution < -0.4 is 24.8 Å². The van der Waals surface area contributed by atoms with Crippen LogP contribution in [-0.2, 0) is 9.59 Å². The number of hydrogen-bond acceptors (Lipinski definition) is 6. The Bertz CT molecular complexity index is 904. The topological polar surface area (TPSA) is 89.1 Å². The van der Waals surface area contributed by atoms with Gasteiger partial charge in [0.2, 0.25) is 17.6 Å². The molecule has 31 heavy (non-hydrogen) atoms. The second kappa shape index (κ2) is 11.2. The molecule has 2 aromatic carbocycles. The molecule has 0 aliphatic rings. The van der Waals surface area contributed by atoms with Gasteiger partial charge in [0.15, 0.2) is 11.5 Å². The number of amides is 2. The van der Waals surface area contributed by atoms with Gasteiger partial charge < -0.3 is 24.8 Å². The largest absolute Gasteiger partial charge is 0.493 e. The van der Waals surface area contributed by atoms with Crippen LogP contribution in [0.4, 0.5) is 11.4 Å². The molecule has 0 saturated carbocycles. The summed E-state index contributed by atoms with van der Waals surface area (Å²) in [6.45, 7) is 4.59. The predicted octanol–water partition coefficient (Wildman–Crippen LogP) is 3.23. The Morgan fingerprint density at radius 2 is 1.58 bits per heavy atom. The maximum absolute atomic E-state index is 12.4. The van der Waals surface area contributed by atoms with Crippen LogP contribution in [0.5, 0.6) is 17.2 Å². The molecule has 0 heterocycles. The number of hydrogen-bond donors (Lipinski definition) is 2. The minimum absolute atomic E-state index is 0.124. The predicted molar refractivity (Wildman–Crippen MR) is 121 cm³/mol. The van der Waals surface area contributed by atoms with Crippen LogP contribution in [0.15, 0.2) is 30.3 Å². The van der Waals surface area contributed by atoms with E-state index in [1.54, 1.807) is 24.1 Å². The van der Waals surface area contributed by atoms with E-state index in [2.05, 4.69) is 10.6 Å². The molecule has 0 fully saturated rings. The Labute approximate surface area is 183 Å². The molecule has 0 radical (unpaired) electrons. The molecule has 0 aliphatic carbocycles. The molecule has 0 spiro atoms. The zero-order chi connectivity index (χ0) is 23.0. The van der Waals surface area contributed by atoms with Gasteiger partial charge >= 0.3 is 0 Å². The van der Waals surface area contributed by atoms with Gasteiger partial charge in [0.1, 0.15) is 0 Å². The Hall–Kier alpha value is -3.26. The van der Waals surface area contributed by atoms with Crippen molar-refractivity contribution in [1.29, 1.82) is 0 Å². The molecule has 0 aromatic heterocycles. The van der Waals surface area contributed by atoms with Gasteiger partial charge in [0.05, 0.1) is 27.9 Å². The fourth-order valence-corrected chi connectivity index (χ4v) is 3.07. The van der Waals surface area contributed by atoms with Crippen LogP contribution in [0.25, 0.3) is 0 Å². The lowest BCUT2D eigenvalue weighted by Gasteiger charge is -2.18. The van der Waals surface area contributed by atoms with Crippen LogP contribution in [0.1, 0.15) is 17.5 Å². The molecular weight excluding hydrogens is 398 g/mol. The van der Waals surface area contributed by atoms with Crippen molar-refractivity contribution in [3.8, 4) is 17.2 Å². The number of likely N-dealkylation sites (N-methyl/N-ethyl adjacent to an activating group) is 1. The van der Waals surface area contributed by atoms with E-state index in [4.69, 9.17) is 14.2 Å². The number of carbonyl (C=O) groups excluding carboxylic acids is 2. The molecule has 2 N–H and O–H groups in total. The average molecular weight is 430 g/mol. The first-order valence-electron chi connectivity index (χ1n) is 9.93. The Morgan fingerprint density at radius 1 is 0.935 bits per heavy atom. The number of rotatable bonds is 10. The van der Waals surface area contributed by atoms with Crippen LogP contribution in [-0.4, -0.2) is 58.2 Å². The van der Waals surface area contributed by atoms with Crippen molar-refractivity contribution in [2.45, 2.75) is 20.3 Å². The van der Waals surface area contributed by atoms with E-state index >= 15 is 0 Å². The van der Waals surface area contributed by atoms with Crippen LogP contribution in [0.3, 0.4) is 0 Å². The highest BCUT2D eigenvalue weighted by atomic mass is 16.5. The van der Waals surface area contributed by atoms with Crippen molar-refractivity contribution in [1.82, 2.24) is 4.90 Å². The third kappa shape index (κ3) is 6.62. The minimum atomic E-state index is -0.184. The summed E-state index contributed by atoms with van der Waals surface area (Å²) in [5.41, 5.74) is 3.51. The van der Waals surface area contributed by atoms with Crippen LogP contribution in [0.2, 0.25) is 0 Å². The van der Waals surface area contributed by atoms with Gasteiger partial charge in [0.25, 0.3) is 0 Å². The maximum Gasteiger partial charge on any atom is 0.238 e. The Kier molecular flexibility index (Phi) is 8.69. The van der Waals surface area contributed by atoms with Crippen molar-refractivity contribution in [3.63, 3.8) is 0 Å². The van der Waals surface area contributed by atoms with Crippen molar-refractivity contribution in [2.24, 2.45) is 0 Å². The van der Waals surface area contributed by atoms with E-state index in [9.17, 15) is 9.59 Å². The van der Waals surface area contributed by atoms with Gasteiger partial charge in [-0.1, -0.05) is 12.1 Å². The lowest BCUT2D eigenvalue weighted by atomic mass is 10.1. The van der Waals surface area contributed by atoms with Crippen LogP contribution in [0, 0.1) is 13.8 Å². The molecule has 8 heteroatoms. The first kappa shape index (κ1) is 24.0. The highest BCUT2D eigenvalue weighted by Gasteiger charge is 2.15. The van der Waals surface area contributed by atoms with Gasteiger partial charge in [0, 0.05) is 36.5 Å². The van der Waals surface area contributed by atoms with Crippen molar-refractivity contribution in [3.05, 3.63) is 41.5 Å². The van der Waals surface area contributed by atoms with E-state index in [1.807, 2.05) is 32.0 Å². The van der Waals surface area contributed by atoms with Gasteiger partial charge in [-0.15, -0.1) is 0 Å². The molecule has 8 nitrogen and oxygen atoms in total.